The summed E-state index contributed by atoms with van der Waals surface area (Å²) in [6, 6.07) is 9.57. The molecule has 27 heavy (non-hydrogen) atoms. The summed E-state index contributed by atoms with van der Waals surface area (Å²) in [5, 5.41) is 6.11. The van der Waals surface area contributed by atoms with Crippen molar-refractivity contribution in [3.8, 4) is 0 Å². The minimum atomic E-state index is -0.519. The molecule has 2 aromatic carbocycles. The smallest absolute Gasteiger partial charge is 0.271 e. The standard InChI is InChI=1S/C18H18ClFN4O2S/c1-10(2)21-18(27)24-23-17(26)14-8-5-12(19)9-15(14)22-16(25)11-3-6-13(20)7-4-11/h3-10H,1-2H3,(H,22,25)(H,23,26)(H2,21,24,27). The largest absolute Gasteiger partial charge is 0.359 e. The minimum Gasteiger partial charge on any atom is -0.359 e. The van der Waals surface area contributed by atoms with Crippen molar-refractivity contribution in [1.82, 2.24) is 16.2 Å². The van der Waals surface area contributed by atoms with E-state index in [0.29, 0.717) is 5.02 Å². The van der Waals surface area contributed by atoms with Gasteiger partial charge < -0.3 is 10.6 Å². The molecule has 142 valence electrons. The van der Waals surface area contributed by atoms with E-state index in [1.54, 1.807) is 0 Å². The molecular weight excluding hydrogens is 391 g/mol. The Morgan fingerprint density at radius 3 is 2.33 bits per heavy atom. The average molecular weight is 409 g/mol. The molecule has 0 radical (unpaired) electrons. The fraction of sp³-hybridized carbons (Fsp3) is 0.167. The molecule has 0 unspecified atom stereocenters. The van der Waals surface area contributed by atoms with Crippen LogP contribution in [0.2, 0.25) is 5.02 Å². The number of rotatable bonds is 4. The number of hydrazine groups is 1. The number of hydrogen-bond donors (Lipinski definition) is 4. The van der Waals surface area contributed by atoms with Crippen LogP contribution in [0.4, 0.5) is 10.1 Å². The molecule has 0 heterocycles. The van der Waals surface area contributed by atoms with E-state index >= 15 is 0 Å². The normalized spacial score (nSPS) is 10.3. The highest BCUT2D eigenvalue weighted by molar-refractivity contribution is 7.80. The van der Waals surface area contributed by atoms with E-state index in [1.807, 2.05) is 13.8 Å². The van der Waals surface area contributed by atoms with Crippen LogP contribution in [0.25, 0.3) is 0 Å². The highest BCUT2D eigenvalue weighted by Crippen LogP contribution is 2.22. The third-order valence-electron chi connectivity index (χ3n) is 3.29. The second-order valence-corrected chi connectivity index (χ2v) is 6.70. The molecule has 0 atom stereocenters. The van der Waals surface area contributed by atoms with Crippen LogP contribution in [0.5, 0.6) is 0 Å². The number of amides is 2. The Kier molecular flexibility index (Phi) is 7.09. The lowest BCUT2D eigenvalue weighted by Gasteiger charge is -2.15. The highest BCUT2D eigenvalue weighted by Gasteiger charge is 2.15. The summed E-state index contributed by atoms with van der Waals surface area (Å²) in [7, 11) is 0. The van der Waals surface area contributed by atoms with Crippen LogP contribution in [-0.2, 0) is 0 Å². The van der Waals surface area contributed by atoms with E-state index in [-0.39, 0.29) is 28.0 Å². The minimum absolute atomic E-state index is 0.1000. The number of carbonyl (C=O) groups is 2. The van der Waals surface area contributed by atoms with Gasteiger partial charge in [-0.3, -0.25) is 20.4 Å². The van der Waals surface area contributed by atoms with Crippen molar-refractivity contribution in [2.45, 2.75) is 19.9 Å². The summed E-state index contributed by atoms with van der Waals surface area (Å²) in [4.78, 5) is 24.8. The summed E-state index contributed by atoms with van der Waals surface area (Å²) in [5.74, 6) is -1.48. The molecule has 0 aromatic heterocycles. The van der Waals surface area contributed by atoms with Crippen LogP contribution in [-0.4, -0.2) is 23.0 Å². The van der Waals surface area contributed by atoms with Crippen LogP contribution >= 0.6 is 23.8 Å². The molecule has 0 aliphatic rings. The molecule has 0 saturated heterocycles. The molecule has 0 bridgehead atoms. The summed E-state index contributed by atoms with van der Waals surface area (Å²) < 4.78 is 13.0. The van der Waals surface area contributed by atoms with Gasteiger partial charge in [-0.1, -0.05) is 11.6 Å². The van der Waals surface area contributed by atoms with Crippen molar-refractivity contribution in [3.05, 3.63) is 64.4 Å². The Balaban J connectivity index is 2.13. The zero-order valence-corrected chi connectivity index (χ0v) is 16.2. The van der Waals surface area contributed by atoms with Crippen molar-refractivity contribution in [3.63, 3.8) is 0 Å². The van der Waals surface area contributed by atoms with Crippen LogP contribution < -0.4 is 21.5 Å². The summed E-state index contributed by atoms with van der Waals surface area (Å²) in [5.41, 5.74) is 5.65. The maximum atomic E-state index is 13.0. The quantitative estimate of drug-likeness (QED) is 0.461. The zero-order chi connectivity index (χ0) is 20.0. The molecule has 2 rings (SSSR count). The van der Waals surface area contributed by atoms with Gasteiger partial charge in [0.15, 0.2) is 5.11 Å². The van der Waals surface area contributed by atoms with E-state index < -0.39 is 17.6 Å². The molecule has 0 saturated carbocycles. The SMILES string of the molecule is CC(C)NC(=S)NNC(=O)c1ccc(Cl)cc1NC(=O)c1ccc(F)cc1. The van der Waals surface area contributed by atoms with E-state index in [9.17, 15) is 14.0 Å². The summed E-state index contributed by atoms with van der Waals surface area (Å²) in [6.45, 7) is 3.80. The maximum Gasteiger partial charge on any atom is 0.271 e. The van der Waals surface area contributed by atoms with Crippen LogP contribution in [0.15, 0.2) is 42.5 Å². The Morgan fingerprint density at radius 2 is 1.70 bits per heavy atom. The second-order valence-electron chi connectivity index (χ2n) is 5.86. The van der Waals surface area contributed by atoms with Crippen molar-refractivity contribution < 1.29 is 14.0 Å². The Hall–Kier alpha value is -2.71. The predicted molar refractivity (Wildman–Crippen MR) is 107 cm³/mol. The lowest BCUT2D eigenvalue weighted by molar-refractivity contribution is 0.0944. The number of carbonyl (C=O) groups excluding carboxylic acids is 2. The van der Waals surface area contributed by atoms with Gasteiger partial charge in [-0.15, -0.1) is 0 Å². The lowest BCUT2D eigenvalue weighted by atomic mass is 10.1. The summed E-state index contributed by atoms with van der Waals surface area (Å²) >= 11 is 11.0. The van der Waals surface area contributed by atoms with E-state index in [2.05, 4.69) is 21.5 Å². The first-order valence-electron chi connectivity index (χ1n) is 7.99. The summed E-state index contributed by atoms with van der Waals surface area (Å²) in [6.07, 6.45) is 0. The Bertz CT molecular complexity index is 859. The molecule has 4 N–H and O–H groups in total. The lowest BCUT2D eigenvalue weighted by Crippen LogP contribution is -2.48. The van der Waals surface area contributed by atoms with Gasteiger partial charge >= 0.3 is 0 Å². The number of thiocarbonyl (C=S) groups is 1. The third kappa shape index (κ3) is 6.19. The van der Waals surface area contributed by atoms with Crippen LogP contribution in [0, 0.1) is 5.82 Å². The van der Waals surface area contributed by atoms with E-state index in [4.69, 9.17) is 23.8 Å². The van der Waals surface area contributed by atoms with Gasteiger partial charge in [0.25, 0.3) is 11.8 Å². The average Bonchev–Trinajstić information content (AvgIpc) is 2.59. The number of nitrogens with one attached hydrogen (secondary N) is 4. The Morgan fingerprint density at radius 1 is 1.04 bits per heavy atom. The second kappa shape index (κ2) is 9.29. The molecule has 0 spiro atoms. The molecule has 2 aromatic rings. The van der Waals surface area contributed by atoms with E-state index in [1.165, 1.54) is 42.5 Å². The molecule has 0 fully saturated rings. The number of benzene rings is 2. The fourth-order valence-corrected chi connectivity index (χ4v) is 2.55. The number of hydrogen-bond acceptors (Lipinski definition) is 3. The molecule has 2 amide bonds. The third-order valence-corrected chi connectivity index (χ3v) is 3.75. The van der Waals surface area contributed by atoms with Crippen molar-refractivity contribution in [2.75, 3.05) is 5.32 Å². The van der Waals surface area contributed by atoms with Gasteiger partial charge in [0.2, 0.25) is 0 Å². The van der Waals surface area contributed by atoms with Crippen LogP contribution in [0.1, 0.15) is 34.6 Å². The van der Waals surface area contributed by atoms with Gasteiger partial charge in [-0.25, -0.2) is 4.39 Å². The van der Waals surface area contributed by atoms with Gasteiger partial charge in [-0.2, -0.15) is 0 Å². The molecular formula is C18H18ClFN4O2S. The zero-order valence-electron chi connectivity index (χ0n) is 14.6. The first-order chi connectivity index (χ1) is 12.8. The Labute approximate surface area is 166 Å². The monoisotopic (exact) mass is 408 g/mol. The number of anilines is 1. The van der Waals surface area contributed by atoms with E-state index in [0.717, 1.165) is 0 Å². The maximum absolute atomic E-state index is 13.0. The first-order valence-corrected chi connectivity index (χ1v) is 8.78. The molecule has 9 heteroatoms. The van der Waals surface area contributed by atoms with Crippen molar-refractivity contribution in [2.24, 2.45) is 0 Å². The van der Waals surface area contributed by atoms with Crippen molar-refractivity contribution >= 4 is 46.4 Å². The number of halogens is 2. The van der Waals surface area contributed by atoms with Gasteiger partial charge in [-0.05, 0) is 68.5 Å². The topological polar surface area (TPSA) is 82.3 Å². The highest BCUT2D eigenvalue weighted by atomic mass is 35.5. The molecule has 0 aliphatic carbocycles. The van der Waals surface area contributed by atoms with Crippen LogP contribution in [0.3, 0.4) is 0 Å². The van der Waals surface area contributed by atoms with Crippen molar-refractivity contribution in [1.29, 1.82) is 0 Å². The molecule has 0 aliphatic heterocycles. The fourth-order valence-electron chi connectivity index (χ4n) is 2.09. The van der Waals surface area contributed by atoms with Gasteiger partial charge in [0, 0.05) is 16.6 Å². The molecule has 6 nitrogen and oxygen atoms in total. The van der Waals surface area contributed by atoms with Gasteiger partial charge in [0.1, 0.15) is 5.82 Å². The predicted octanol–water partition coefficient (Wildman–Crippen LogP) is 3.25. The first kappa shape index (κ1) is 20.6. The van der Waals surface area contributed by atoms with Gasteiger partial charge in [0.05, 0.1) is 11.3 Å².